The monoisotopic (exact) mass is 304 g/mol. The number of rotatable bonds is 4. The third kappa shape index (κ3) is 4.19. The van der Waals surface area contributed by atoms with Gasteiger partial charge >= 0.3 is 0 Å². The molecule has 1 aliphatic carbocycles. The van der Waals surface area contributed by atoms with E-state index in [0.717, 1.165) is 38.9 Å². The summed E-state index contributed by atoms with van der Waals surface area (Å²) >= 11 is 0. The van der Waals surface area contributed by atoms with Gasteiger partial charge in [0.1, 0.15) is 6.10 Å². The van der Waals surface area contributed by atoms with E-state index >= 15 is 0 Å². The van der Waals surface area contributed by atoms with Crippen molar-refractivity contribution in [1.29, 1.82) is 0 Å². The molecule has 5 heteroatoms. The van der Waals surface area contributed by atoms with Crippen LogP contribution in [0.15, 0.2) is 18.3 Å². The summed E-state index contributed by atoms with van der Waals surface area (Å²) in [6.07, 6.45) is 9.44. The molecule has 1 N–H and O–H groups in total. The lowest BCUT2D eigenvalue weighted by atomic mass is 9.95. The number of hydrogen-bond acceptors (Lipinski definition) is 4. The molecule has 0 bridgehead atoms. The van der Waals surface area contributed by atoms with Crippen molar-refractivity contribution in [3.8, 4) is 5.88 Å². The highest BCUT2D eigenvalue weighted by Crippen LogP contribution is 2.19. The molecule has 3 rings (SSSR count). The Labute approximate surface area is 131 Å². The molecule has 1 saturated carbocycles. The molecule has 1 aliphatic heterocycles. The SMILES string of the molecule is O=C(NC1CCCCC1)c1ccc(OC2CCOCC2)nc1. The minimum Gasteiger partial charge on any atom is -0.474 e. The predicted molar refractivity (Wildman–Crippen MR) is 83.0 cm³/mol. The van der Waals surface area contributed by atoms with Crippen LogP contribution in [0.4, 0.5) is 0 Å². The number of nitrogens with one attached hydrogen (secondary N) is 1. The number of aromatic nitrogens is 1. The lowest BCUT2D eigenvalue weighted by Crippen LogP contribution is -2.36. The molecule has 0 radical (unpaired) electrons. The van der Waals surface area contributed by atoms with E-state index in [1.165, 1.54) is 19.3 Å². The Balaban J connectivity index is 1.52. The Morgan fingerprint density at radius 2 is 1.91 bits per heavy atom. The Morgan fingerprint density at radius 1 is 1.14 bits per heavy atom. The Bertz CT molecular complexity index is 477. The highest BCUT2D eigenvalue weighted by Gasteiger charge is 2.18. The van der Waals surface area contributed by atoms with Crippen LogP contribution in [-0.4, -0.2) is 36.3 Å². The molecule has 1 amide bonds. The molecule has 1 aromatic heterocycles. The normalized spacial score (nSPS) is 20.5. The van der Waals surface area contributed by atoms with E-state index in [9.17, 15) is 4.79 Å². The van der Waals surface area contributed by atoms with Crippen molar-refractivity contribution in [1.82, 2.24) is 10.3 Å². The molecule has 1 saturated heterocycles. The lowest BCUT2D eigenvalue weighted by Gasteiger charge is -2.23. The summed E-state index contributed by atoms with van der Waals surface area (Å²) in [4.78, 5) is 16.5. The Hall–Kier alpha value is -1.62. The molecule has 1 aromatic rings. The Kier molecular flexibility index (Phi) is 5.27. The quantitative estimate of drug-likeness (QED) is 0.929. The molecule has 5 nitrogen and oxygen atoms in total. The van der Waals surface area contributed by atoms with Crippen molar-refractivity contribution >= 4 is 5.91 Å². The number of hydrogen-bond donors (Lipinski definition) is 1. The standard InChI is InChI=1S/C17H24N2O3/c20-17(19-14-4-2-1-3-5-14)13-6-7-16(18-12-13)22-15-8-10-21-11-9-15/h6-7,12,14-15H,1-5,8-11H2,(H,19,20). The number of amides is 1. The zero-order valence-corrected chi connectivity index (χ0v) is 12.9. The maximum absolute atomic E-state index is 12.2. The smallest absolute Gasteiger partial charge is 0.253 e. The zero-order chi connectivity index (χ0) is 15.2. The van der Waals surface area contributed by atoms with Gasteiger partial charge in [-0.05, 0) is 18.9 Å². The number of pyridine rings is 1. The third-order valence-corrected chi connectivity index (χ3v) is 4.39. The molecule has 2 fully saturated rings. The van der Waals surface area contributed by atoms with Crippen molar-refractivity contribution in [3.05, 3.63) is 23.9 Å². The van der Waals surface area contributed by atoms with Crippen molar-refractivity contribution < 1.29 is 14.3 Å². The summed E-state index contributed by atoms with van der Waals surface area (Å²) in [5.74, 6) is 0.554. The van der Waals surface area contributed by atoms with Gasteiger partial charge in [-0.3, -0.25) is 4.79 Å². The van der Waals surface area contributed by atoms with Gasteiger partial charge in [0.15, 0.2) is 0 Å². The first kappa shape index (κ1) is 15.3. The topological polar surface area (TPSA) is 60.5 Å². The first-order valence-electron chi connectivity index (χ1n) is 8.32. The van der Waals surface area contributed by atoms with Crippen molar-refractivity contribution in [2.24, 2.45) is 0 Å². The highest BCUT2D eigenvalue weighted by atomic mass is 16.5. The molecule has 2 heterocycles. The van der Waals surface area contributed by atoms with Gasteiger partial charge in [-0.15, -0.1) is 0 Å². The largest absolute Gasteiger partial charge is 0.474 e. The van der Waals surface area contributed by atoms with Gasteiger partial charge in [-0.2, -0.15) is 0 Å². The first-order valence-corrected chi connectivity index (χ1v) is 8.32. The fourth-order valence-corrected chi connectivity index (χ4v) is 3.06. The van der Waals surface area contributed by atoms with E-state index in [1.807, 2.05) is 0 Å². The number of carbonyl (C=O) groups is 1. The van der Waals surface area contributed by atoms with E-state index in [-0.39, 0.29) is 12.0 Å². The minimum atomic E-state index is -0.0305. The maximum atomic E-state index is 12.2. The predicted octanol–water partition coefficient (Wildman–Crippen LogP) is 2.70. The summed E-state index contributed by atoms with van der Waals surface area (Å²) in [6.45, 7) is 1.49. The minimum absolute atomic E-state index is 0.0305. The second kappa shape index (κ2) is 7.58. The van der Waals surface area contributed by atoms with Crippen LogP contribution in [0.2, 0.25) is 0 Å². The van der Waals surface area contributed by atoms with E-state index < -0.39 is 0 Å². The van der Waals surface area contributed by atoms with E-state index in [0.29, 0.717) is 17.5 Å². The van der Waals surface area contributed by atoms with Crippen LogP contribution in [0.1, 0.15) is 55.3 Å². The Morgan fingerprint density at radius 3 is 2.59 bits per heavy atom. The lowest BCUT2D eigenvalue weighted by molar-refractivity contribution is 0.0237. The van der Waals surface area contributed by atoms with Crippen LogP contribution in [0.3, 0.4) is 0 Å². The van der Waals surface area contributed by atoms with Crippen molar-refractivity contribution in [2.75, 3.05) is 13.2 Å². The average molecular weight is 304 g/mol. The molecule has 120 valence electrons. The van der Waals surface area contributed by atoms with Crippen LogP contribution in [0, 0.1) is 0 Å². The molecule has 2 aliphatic rings. The fourth-order valence-electron chi connectivity index (χ4n) is 3.06. The summed E-state index contributed by atoms with van der Waals surface area (Å²) in [7, 11) is 0. The van der Waals surface area contributed by atoms with E-state index in [2.05, 4.69) is 10.3 Å². The van der Waals surface area contributed by atoms with Crippen LogP contribution in [0.25, 0.3) is 0 Å². The third-order valence-electron chi connectivity index (χ3n) is 4.39. The van der Waals surface area contributed by atoms with E-state index in [4.69, 9.17) is 9.47 Å². The van der Waals surface area contributed by atoms with Gasteiger partial charge in [0, 0.05) is 31.1 Å². The van der Waals surface area contributed by atoms with Gasteiger partial charge in [0.05, 0.1) is 18.8 Å². The summed E-state index contributed by atoms with van der Waals surface area (Å²) < 4.78 is 11.1. The van der Waals surface area contributed by atoms with Gasteiger partial charge in [0.25, 0.3) is 5.91 Å². The number of nitrogens with zero attached hydrogens (tertiary/aromatic N) is 1. The van der Waals surface area contributed by atoms with Crippen LogP contribution in [0.5, 0.6) is 5.88 Å². The van der Waals surface area contributed by atoms with Gasteiger partial charge in [-0.25, -0.2) is 4.98 Å². The second-order valence-corrected chi connectivity index (χ2v) is 6.12. The summed E-state index contributed by atoms with van der Waals surface area (Å²) in [5, 5.41) is 3.10. The van der Waals surface area contributed by atoms with Crippen LogP contribution in [-0.2, 0) is 4.74 Å². The van der Waals surface area contributed by atoms with Gasteiger partial charge in [0.2, 0.25) is 5.88 Å². The summed E-state index contributed by atoms with van der Waals surface area (Å²) in [6, 6.07) is 3.89. The summed E-state index contributed by atoms with van der Waals surface area (Å²) in [5.41, 5.74) is 0.602. The molecule has 22 heavy (non-hydrogen) atoms. The van der Waals surface area contributed by atoms with Crippen LogP contribution >= 0.6 is 0 Å². The first-order chi connectivity index (χ1) is 10.8. The number of carbonyl (C=O) groups excluding carboxylic acids is 1. The number of ether oxygens (including phenoxy) is 2. The molecular weight excluding hydrogens is 280 g/mol. The maximum Gasteiger partial charge on any atom is 0.253 e. The fraction of sp³-hybridized carbons (Fsp3) is 0.647. The zero-order valence-electron chi connectivity index (χ0n) is 12.9. The van der Waals surface area contributed by atoms with Crippen molar-refractivity contribution in [3.63, 3.8) is 0 Å². The highest BCUT2D eigenvalue weighted by molar-refractivity contribution is 5.94. The molecule has 0 aromatic carbocycles. The van der Waals surface area contributed by atoms with Crippen LogP contribution < -0.4 is 10.1 Å². The average Bonchev–Trinajstić information content (AvgIpc) is 2.57. The molecular formula is C17H24N2O3. The second-order valence-electron chi connectivity index (χ2n) is 6.12. The van der Waals surface area contributed by atoms with Crippen molar-refractivity contribution in [2.45, 2.75) is 57.1 Å². The molecule has 0 unspecified atom stereocenters. The molecule has 0 atom stereocenters. The van der Waals surface area contributed by atoms with Gasteiger partial charge < -0.3 is 14.8 Å². The van der Waals surface area contributed by atoms with E-state index in [1.54, 1.807) is 18.3 Å². The molecule has 0 spiro atoms. The van der Waals surface area contributed by atoms with Gasteiger partial charge in [-0.1, -0.05) is 19.3 Å².